The van der Waals surface area contributed by atoms with E-state index in [0.29, 0.717) is 40.4 Å². The molecule has 0 amide bonds. The van der Waals surface area contributed by atoms with Gasteiger partial charge in [0.05, 0.1) is 21.7 Å². The summed E-state index contributed by atoms with van der Waals surface area (Å²) in [7, 11) is 0. The van der Waals surface area contributed by atoms with E-state index in [2.05, 4.69) is 20.5 Å². The average Bonchev–Trinajstić information content (AvgIpc) is 3.36. The predicted molar refractivity (Wildman–Crippen MR) is 138 cm³/mol. The number of anilines is 2. The summed E-state index contributed by atoms with van der Waals surface area (Å²) >= 11 is 14.1. The number of halogens is 5. The van der Waals surface area contributed by atoms with Crippen LogP contribution < -0.4 is 5.32 Å². The lowest BCUT2D eigenvalue weighted by molar-refractivity contribution is -0.192. The Labute approximate surface area is 229 Å². The maximum atomic E-state index is 12.3. The third-order valence-corrected chi connectivity index (χ3v) is 8.22. The summed E-state index contributed by atoms with van der Waals surface area (Å²) in [6, 6.07) is 13.0. The molecular weight excluding hydrogens is 568 g/mol. The molecule has 4 rings (SSSR count). The van der Waals surface area contributed by atoms with Crippen LogP contribution in [0.1, 0.15) is 31.4 Å². The third kappa shape index (κ3) is 8.02. The molecule has 1 aromatic carbocycles. The number of carbonyl (C=O) groups is 2. The Hall–Kier alpha value is -2.96. The zero-order valence-corrected chi connectivity index (χ0v) is 22.0. The quantitative estimate of drug-likeness (QED) is 0.235. The van der Waals surface area contributed by atoms with Crippen LogP contribution in [0.2, 0.25) is 10.0 Å². The number of carboxylic acid groups (broad SMARTS) is 2. The number of pyridine rings is 1. The Morgan fingerprint density at radius 2 is 1.76 bits per heavy atom. The average molecular weight is 591 g/mol. The number of H-pyrrole nitrogens is 1. The van der Waals surface area contributed by atoms with Crippen molar-refractivity contribution in [1.29, 1.82) is 0 Å². The summed E-state index contributed by atoms with van der Waals surface area (Å²) in [5.41, 5.74) is -0.0506. The van der Waals surface area contributed by atoms with E-state index in [4.69, 9.17) is 33.1 Å². The van der Waals surface area contributed by atoms with E-state index in [-0.39, 0.29) is 0 Å². The van der Waals surface area contributed by atoms with Gasteiger partial charge in [0.1, 0.15) is 11.6 Å². The third-order valence-electron chi connectivity index (χ3n) is 5.89. The van der Waals surface area contributed by atoms with Gasteiger partial charge in [-0.05, 0) is 49.9 Å². The molecule has 38 heavy (non-hydrogen) atoms. The van der Waals surface area contributed by atoms with Crippen LogP contribution in [0.15, 0.2) is 53.6 Å². The second-order valence-corrected chi connectivity index (χ2v) is 10.7. The Morgan fingerprint density at radius 3 is 2.34 bits per heavy atom. The molecule has 1 aliphatic rings. The number of hydrogen-bond donors (Lipinski definition) is 4. The highest BCUT2D eigenvalue weighted by atomic mass is 35.5. The number of aromatic amines is 1. The van der Waals surface area contributed by atoms with Gasteiger partial charge in [0.2, 0.25) is 0 Å². The largest absolute Gasteiger partial charge is 0.490 e. The molecule has 2 heterocycles. The minimum absolute atomic E-state index is 0.310. The number of nitrogens with one attached hydrogen (secondary N) is 2. The van der Waals surface area contributed by atoms with Crippen molar-refractivity contribution in [2.24, 2.45) is 5.41 Å². The van der Waals surface area contributed by atoms with E-state index in [1.807, 2.05) is 30.3 Å². The normalized spacial score (nSPS) is 19.2. The molecule has 2 aromatic heterocycles. The molecular formula is C24H23Cl2F3N4O4S. The first-order valence-electron chi connectivity index (χ1n) is 11.3. The summed E-state index contributed by atoms with van der Waals surface area (Å²) in [5.74, 6) is -2.13. The summed E-state index contributed by atoms with van der Waals surface area (Å²) in [6.07, 6.45) is -0.247. The van der Waals surface area contributed by atoms with Crippen LogP contribution in [-0.4, -0.2) is 48.8 Å². The maximum Gasteiger partial charge on any atom is 0.490 e. The van der Waals surface area contributed by atoms with E-state index in [0.717, 1.165) is 29.2 Å². The van der Waals surface area contributed by atoms with Gasteiger partial charge < -0.3 is 15.5 Å². The fourth-order valence-electron chi connectivity index (χ4n) is 3.94. The molecule has 0 radical (unpaired) electrons. The van der Waals surface area contributed by atoms with Gasteiger partial charge in [-0.25, -0.2) is 9.78 Å². The number of aromatic nitrogens is 3. The van der Waals surface area contributed by atoms with Crippen molar-refractivity contribution in [3.8, 4) is 0 Å². The fourth-order valence-corrected chi connectivity index (χ4v) is 5.63. The van der Waals surface area contributed by atoms with E-state index in [1.165, 1.54) is 0 Å². The molecule has 1 aliphatic carbocycles. The van der Waals surface area contributed by atoms with Crippen LogP contribution in [0.3, 0.4) is 0 Å². The Morgan fingerprint density at radius 1 is 1.11 bits per heavy atom. The zero-order chi connectivity index (χ0) is 27.9. The summed E-state index contributed by atoms with van der Waals surface area (Å²) < 4.78 is 31.7. The second-order valence-electron chi connectivity index (χ2n) is 8.54. The van der Waals surface area contributed by atoms with Crippen LogP contribution in [0.5, 0.6) is 0 Å². The van der Waals surface area contributed by atoms with Gasteiger partial charge in [0, 0.05) is 28.3 Å². The smallest absolute Gasteiger partial charge is 0.481 e. The number of alkyl halides is 3. The SMILES string of the molecule is O=C(O)C(F)(F)F.O=C(O)C1(Cc2cccc(Nc3ccn[nH]3)n2)CCC(Sc2cccc(Cl)c2Cl)CC1. The van der Waals surface area contributed by atoms with Crippen molar-refractivity contribution >= 4 is 58.5 Å². The molecule has 0 atom stereocenters. The highest BCUT2D eigenvalue weighted by Gasteiger charge is 2.42. The monoisotopic (exact) mass is 590 g/mol. The van der Waals surface area contributed by atoms with Crippen molar-refractivity contribution in [2.45, 2.75) is 48.4 Å². The Kier molecular flexibility index (Phi) is 9.91. The highest BCUT2D eigenvalue weighted by Crippen LogP contribution is 2.46. The summed E-state index contributed by atoms with van der Waals surface area (Å²) in [6.45, 7) is 0. The standard InChI is InChI=1S/C22H22Cl2N4O2S.C2HF3O2/c23-16-4-2-5-17(20(16)24)31-15-7-10-22(11-8-15,21(29)30)13-14-3-1-6-18(26-14)27-19-9-12-25-28-19;3-2(4,5)1(6)7/h1-6,9,12,15H,7-8,10-11,13H2,(H,29,30)(H2,25,26,27,28);(H,6,7). The fraction of sp³-hybridized carbons (Fsp3) is 0.333. The number of aliphatic carboxylic acids is 2. The van der Waals surface area contributed by atoms with Gasteiger partial charge in [0.15, 0.2) is 0 Å². The van der Waals surface area contributed by atoms with Gasteiger partial charge in [0.25, 0.3) is 0 Å². The first-order valence-corrected chi connectivity index (χ1v) is 12.9. The summed E-state index contributed by atoms with van der Waals surface area (Å²) in [4.78, 5) is 26.7. The molecule has 0 aliphatic heterocycles. The Bertz CT molecular complexity index is 1250. The summed E-state index contributed by atoms with van der Waals surface area (Å²) in [5, 5.41) is 28.5. The molecule has 1 fully saturated rings. The number of thioether (sulfide) groups is 1. The number of rotatable bonds is 7. The van der Waals surface area contributed by atoms with Crippen LogP contribution in [0.25, 0.3) is 0 Å². The lowest BCUT2D eigenvalue weighted by Crippen LogP contribution is -2.38. The molecule has 0 saturated heterocycles. The van der Waals surface area contributed by atoms with Gasteiger partial charge in [-0.1, -0.05) is 35.3 Å². The van der Waals surface area contributed by atoms with E-state index in [9.17, 15) is 23.1 Å². The van der Waals surface area contributed by atoms with E-state index >= 15 is 0 Å². The second kappa shape index (κ2) is 12.7. The molecule has 4 N–H and O–H groups in total. The minimum Gasteiger partial charge on any atom is -0.481 e. The van der Waals surface area contributed by atoms with Gasteiger partial charge >= 0.3 is 18.1 Å². The number of benzene rings is 1. The topological polar surface area (TPSA) is 128 Å². The minimum atomic E-state index is -5.08. The molecule has 8 nitrogen and oxygen atoms in total. The van der Waals surface area contributed by atoms with Gasteiger partial charge in [-0.2, -0.15) is 18.3 Å². The lowest BCUT2D eigenvalue weighted by atomic mass is 9.71. The van der Waals surface area contributed by atoms with Crippen molar-refractivity contribution in [3.63, 3.8) is 0 Å². The number of hydrogen-bond acceptors (Lipinski definition) is 6. The number of carboxylic acids is 2. The predicted octanol–water partition coefficient (Wildman–Crippen LogP) is 6.84. The van der Waals surface area contributed by atoms with Crippen molar-refractivity contribution < 1.29 is 33.0 Å². The van der Waals surface area contributed by atoms with Crippen molar-refractivity contribution in [1.82, 2.24) is 15.2 Å². The number of nitrogens with zero attached hydrogens (tertiary/aromatic N) is 2. The molecule has 1 saturated carbocycles. The van der Waals surface area contributed by atoms with Crippen LogP contribution in [0, 0.1) is 5.41 Å². The lowest BCUT2D eigenvalue weighted by Gasteiger charge is -2.36. The maximum absolute atomic E-state index is 12.3. The van der Waals surface area contributed by atoms with Crippen molar-refractivity contribution in [3.05, 3.63) is 64.4 Å². The first kappa shape index (κ1) is 29.6. The molecule has 204 valence electrons. The van der Waals surface area contributed by atoms with Crippen LogP contribution in [-0.2, 0) is 16.0 Å². The Balaban J connectivity index is 0.000000505. The van der Waals surface area contributed by atoms with E-state index < -0.39 is 23.5 Å². The molecule has 0 unspecified atom stereocenters. The molecule has 0 bridgehead atoms. The zero-order valence-electron chi connectivity index (χ0n) is 19.6. The van der Waals surface area contributed by atoms with Gasteiger partial charge in [-0.15, -0.1) is 11.8 Å². The van der Waals surface area contributed by atoms with E-state index in [1.54, 1.807) is 30.1 Å². The van der Waals surface area contributed by atoms with Crippen LogP contribution in [0.4, 0.5) is 24.8 Å². The molecule has 14 heteroatoms. The molecule has 0 spiro atoms. The van der Waals surface area contributed by atoms with Gasteiger partial charge in [-0.3, -0.25) is 9.89 Å². The highest BCUT2D eigenvalue weighted by molar-refractivity contribution is 8.00. The first-order chi connectivity index (χ1) is 17.9. The van der Waals surface area contributed by atoms with Crippen LogP contribution >= 0.6 is 35.0 Å². The van der Waals surface area contributed by atoms with Crippen molar-refractivity contribution in [2.75, 3.05) is 5.32 Å². The molecule has 3 aromatic rings.